The largest absolute Gasteiger partial charge is 0.359 e. The Morgan fingerprint density at radius 3 is 2.35 bits per heavy atom. The lowest BCUT2D eigenvalue weighted by Gasteiger charge is -2.16. The van der Waals surface area contributed by atoms with E-state index in [1.54, 1.807) is 6.07 Å². The Morgan fingerprint density at radius 1 is 1.13 bits per heavy atom. The molecule has 2 atom stereocenters. The van der Waals surface area contributed by atoms with Crippen molar-refractivity contribution in [1.29, 1.82) is 0 Å². The molecular formula is C24H31N3O4. The van der Waals surface area contributed by atoms with Gasteiger partial charge in [0.25, 0.3) is 0 Å². The average Bonchev–Trinajstić information content (AvgIpc) is 3.21. The van der Waals surface area contributed by atoms with Gasteiger partial charge in [-0.1, -0.05) is 43.6 Å². The molecule has 0 radical (unpaired) electrons. The minimum absolute atomic E-state index is 0.0354. The topological polar surface area (TPSA) is 101 Å². The molecule has 166 valence electrons. The van der Waals surface area contributed by atoms with Crippen LogP contribution in [0.4, 0.5) is 10.6 Å². The monoisotopic (exact) mass is 425 g/mol. The summed E-state index contributed by atoms with van der Waals surface area (Å²) in [6.07, 6.45) is 0.641. The maximum atomic E-state index is 13.0. The van der Waals surface area contributed by atoms with Gasteiger partial charge in [0.1, 0.15) is 17.5 Å². The summed E-state index contributed by atoms with van der Waals surface area (Å²) in [6, 6.07) is 5.29. The van der Waals surface area contributed by atoms with E-state index in [-0.39, 0.29) is 35.9 Å². The number of hydrogen-bond donors (Lipinski definition) is 2. The number of benzene rings is 1. The van der Waals surface area contributed by atoms with Crippen LogP contribution in [0.2, 0.25) is 0 Å². The molecule has 1 aromatic heterocycles. The fraction of sp³-hybridized carbons (Fsp3) is 0.500. The molecular weight excluding hydrogens is 394 g/mol. The van der Waals surface area contributed by atoms with E-state index in [4.69, 9.17) is 4.52 Å². The Morgan fingerprint density at radius 2 is 1.77 bits per heavy atom. The zero-order chi connectivity index (χ0) is 22.9. The summed E-state index contributed by atoms with van der Waals surface area (Å²) in [7, 11) is 0. The number of anilines is 1. The van der Waals surface area contributed by atoms with Crippen LogP contribution in [-0.2, 0) is 15.0 Å². The highest BCUT2D eigenvalue weighted by atomic mass is 16.5. The minimum atomic E-state index is -0.689. The lowest BCUT2D eigenvalue weighted by molar-refractivity contribution is -0.124. The number of urea groups is 1. The Balaban J connectivity index is 1.56. The number of Topliss-reactive ketones (excluding diaryl/α,β-unsaturated/α-hetero) is 2. The highest BCUT2D eigenvalue weighted by Gasteiger charge is 2.42. The Kier molecular flexibility index (Phi) is 6.34. The number of aromatic nitrogens is 1. The number of nitrogens with one attached hydrogen (secondary N) is 2. The van der Waals surface area contributed by atoms with E-state index >= 15 is 0 Å². The Bertz CT molecular complexity index is 993. The first-order valence-corrected chi connectivity index (χ1v) is 10.6. The molecule has 0 aliphatic heterocycles. The maximum Gasteiger partial charge on any atom is 0.320 e. The SMILES string of the molecule is Cc1cc(C)c(C2C(=O)CC(CCNC(=O)Nc3cc(C(C)(C)C)on3)C2=O)c(C)c1. The Labute approximate surface area is 183 Å². The van der Waals surface area contributed by atoms with Crippen LogP contribution < -0.4 is 10.6 Å². The molecule has 1 heterocycles. The minimum Gasteiger partial charge on any atom is -0.359 e. The second-order valence-electron chi connectivity index (χ2n) is 9.51. The number of hydrogen-bond acceptors (Lipinski definition) is 5. The number of carbonyl (C=O) groups is 3. The summed E-state index contributed by atoms with van der Waals surface area (Å²) in [4.78, 5) is 37.8. The number of aryl methyl sites for hydroxylation is 3. The number of ketones is 2. The van der Waals surface area contributed by atoms with Gasteiger partial charge in [0.15, 0.2) is 11.6 Å². The van der Waals surface area contributed by atoms with E-state index < -0.39 is 11.9 Å². The molecule has 7 heteroatoms. The van der Waals surface area contributed by atoms with Gasteiger partial charge < -0.3 is 9.84 Å². The van der Waals surface area contributed by atoms with Gasteiger partial charge in [-0.05, 0) is 43.9 Å². The third kappa shape index (κ3) is 5.03. The molecule has 2 aromatic rings. The fourth-order valence-electron chi connectivity index (χ4n) is 4.26. The summed E-state index contributed by atoms with van der Waals surface area (Å²) >= 11 is 0. The number of amides is 2. The summed E-state index contributed by atoms with van der Waals surface area (Å²) < 4.78 is 5.25. The van der Waals surface area contributed by atoms with Crippen LogP contribution in [0.1, 0.15) is 67.5 Å². The van der Waals surface area contributed by atoms with Gasteiger partial charge in [0.2, 0.25) is 0 Å². The molecule has 3 rings (SSSR count). The van der Waals surface area contributed by atoms with E-state index in [9.17, 15) is 14.4 Å². The summed E-state index contributed by atoms with van der Waals surface area (Å²) in [5.74, 6) is -0.145. The molecule has 7 nitrogen and oxygen atoms in total. The normalized spacial score (nSPS) is 19.0. The molecule has 0 spiro atoms. The van der Waals surface area contributed by atoms with Gasteiger partial charge in [-0.25, -0.2) is 4.79 Å². The molecule has 2 N–H and O–H groups in total. The molecule has 1 aliphatic rings. The van der Waals surface area contributed by atoms with Crippen molar-refractivity contribution in [2.45, 2.75) is 65.7 Å². The van der Waals surface area contributed by atoms with Crippen molar-refractivity contribution in [2.24, 2.45) is 5.92 Å². The third-order valence-corrected chi connectivity index (χ3v) is 5.75. The first-order valence-electron chi connectivity index (χ1n) is 10.6. The third-order valence-electron chi connectivity index (χ3n) is 5.75. The summed E-state index contributed by atoms with van der Waals surface area (Å²) in [5.41, 5.74) is 3.71. The second kappa shape index (κ2) is 8.65. The average molecular weight is 426 g/mol. The lowest BCUT2D eigenvalue weighted by atomic mass is 9.86. The van der Waals surface area contributed by atoms with E-state index in [0.29, 0.717) is 18.0 Å². The zero-order valence-electron chi connectivity index (χ0n) is 19.1. The van der Waals surface area contributed by atoms with Gasteiger partial charge >= 0.3 is 6.03 Å². The number of carbonyl (C=O) groups excluding carboxylic acids is 3. The van der Waals surface area contributed by atoms with E-state index in [1.165, 1.54) is 0 Å². The molecule has 1 aliphatic carbocycles. The van der Waals surface area contributed by atoms with Crippen LogP contribution in [-0.4, -0.2) is 29.3 Å². The van der Waals surface area contributed by atoms with Gasteiger partial charge in [-0.15, -0.1) is 0 Å². The summed E-state index contributed by atoms with van der Waals surface area (Å²) in [5, 5.41) is 9.21. The summed E-state index contributed by atoms with van der Waals surface area (Å²) in [6.45, 7) is 12.2. The molecule has 31 heavy (non-hydrogen) atoms. The van der Waals surface area contributed by atoms with Crippen molar-refractivity contribution < 1.29 is 18.9 Å². The fourth-order valence-corrected chi connectivity index (χ4v) is 4.26. The zero-order valence-corrected chi connectivity index (χ0v) is 19.1. The smallest absolute Gasteiger partial charge is 0.320 e. The first-order chi connectivity index (χ1) is 14.5. The van der Waals surface area contributed by atoms with Crippen molar-refractivity contribution >= 4 is 23.4 Å². The highest BCUT2D eigenvalue weighted by molar-refractivity contribution is 6.15. The van der Waals surface area contributed by atoms with Gasteiger partial charge in [0.05, 0.1) is 0 Å². The Hall–Kier alpha value is -2.96. The van der Waals surface area contributed by atoms with Crippen molar-refractivity contribution in [3.05, 3.63) is 46.2 Å². The van der Waals surface area contributed by atoms with Gasteiger partial charge in [0, 0.05) is 30.4 Å². The molecule has 1 aromatic carbocycles. The molecule has 2 unspecified atom stereocenters. The molecule has 1 fully saturated rings. The quantitative estimate of drug-likeness (QED) is 0.694. The van der Waals surface area contributed by atoms with E-state index in [2.05, 4.69) is 15.8 Å². The number of rotatable bonds is 5. The second-order valence-corrected chi connectivity index (χ2v) is 9.51. The predicted molar refractivity (Wildman–Crippen MR) is 118 cm³/mol. The predicted octanol–water partition coefficient (Wildman–Crippen LogP) is 4.35. The molecule has 2 amide bonds. The maximum absolute atomic E-state index is 13.0. The molecule has 0 bridgehead atoms. The van der Waals surface area contributed by atoms with Crippen LogP contribution >= 0.6 is 0 Å². The molecule has 0 saturated heterocycles. The van der Waals surface area contributed by atoms with E-state index in [0.717, 1.165) is 22.3 Å². The highest BCUT2D eigenvalue weighted by Crippen LogP contribution is 2.37. The van der Waals surface area contributed by atoms with Crippen molar-refractivity contribution in [3.8, 4) is 0 Å². The lowest BCUT2D eigenvalue weighted by Crippen LogP contribution is -2.31. The molecule has 1 saturated carbocycles. The van der Waals surface area contributed by atoms with Gasteiger partial charge in [-0.3, -0.25) is 14.9 Å². The van der Waals surface area contributed by atoms with Crippen molar-refractivity contribution in [1.82, 2.24) is 10.5 Å². The van der Waals surface area contributed by atoms with Crippen molar-refractivity contribution in [2.75, 3.05) is 11.9 Å². The van der Waals surface area contributed by atoms with Gasteiger partial charge in [-0.2, -0.15) is 0 Å². The van der Waals surface area contributed by atoms with Crippen molar-refractivity contribution in [3.63, 3.8) is 0 Å². The van der Waals surface area contributed by atoms with Crippen LogP contribution in [0.15, 0.2) is 22.7 Å². The first kappa shape index (κ1) is 22.7. The van der Waals surface area contributed by atoms with Crippen LogP contribution in [0.3, 0.4) is 0 Å². The van der Waals surface area contributed by atoms with E-state index in [1.807, 2.05) is 53.7 Å². The number of nitrogens with zero attached hydrogens (tertiary/aromatic N) is 1. The van der Waals surface area contributed by atoms with Crippen LogP contribution in [0.5, 0.6) is 0 Å². The van der Waals surface area contributed by atoms with Crippen LogP contribution in [0, 0.1) is 26.7 Å². The van der Waals surface area contributed by atoms with Crippen LogP contribution in [0.25, 0.3) is 0 Å². The standard InChI is InChI=1S/C24H31N3O4/c1-13-9-14(2)20(15(3)10-13)21-17(28)11-16(22(21)29)7-8-25-23(30)26-19-12-18(31-27-19)24(4,5)6/h9-10,12,16,21H,7-8,11H2,1-6H3,(H2,25,26,27,30).